The molecule has 0 aliphatic rings. The standard InChI is InChI=1S/C12H21N3O3S/c1-4-18-12(16)9-10(13)15-19-11(9)14-5-6-17-7-8(2)3/h8,14H,4-7H2,1-3H3,(H2,13,15). The van der Waals surface area contributed by atoms with Crippen molar-refractivity contribution in [2.24, 2.45) is 5.92 Å². The molecule has 19 heavy (non-hydrogen) atoms. The van der Waals surface area contributed by atoms with Gasteiger partial charge in [0.2, 0.25) is 0 Å². The normalized spacial score (nSPS) is 10.7. The van der Waals surface area contributed by atoms with Gasteiger partial charge in [0.25, 0.3) is 0 Å². The van der Waals surface area contributed by atoms with Gasteiger partial charge in [0.05, 0.1) is 13.2 Å². The quantitative estimate of drug-likeness (QED) is 0.561. The van der Waals surface area contributed by atoms with Gasteiger partial charge in [0.15, 0.2) is 5.82 Å². The Balaban J connectivity index is 2.47. The summed E-state index contributed by atoms with van der Waals surface area (Å²) in [6, 6.07) is 0. The minimum Gasteiger partial charge on any atom is -0.462 e. The summed E-state index contributed by atoms with van der Waals surface area (Å²) in [7, 11) is 0. The molecule has 0 spiro atoms. The molecule has 0 fully saturated rings. The van der Waals surface area contributed by atoms with E-state index in [1.54, 1.807) is 6.92 Å². The number of nitrogens with one attached hydrogen (secondary N) is 1. The first-order valence-electron chi connectivity index (χ1n) is 6.30. The lowest BCUT2D eigenvalue weighted by atomic mass is 10.2. The monoisotopic (exact) mass is 287 g/mol. The molecule has 0 amide bonds. The van der Waals surface area contributed by atoms with Gasteiger partial charge in [-0.05, 0) is 24.4 Å². The SMILES string of the molecule is CCOC(=O)c1c(N)nsc1NCCOCC(C)C. The second-order valence-electron chi connectivity index (χ2n) is 4.39. The number of nitrogens with zero attached hydrogens (tertiary/aromatic N) is 1. The molecular weight excluding hydrogens is 266 g/mol. The van der Waals surface area contributed by atoms with Gasteiger partial charge in [-0.1, -0.05) is 13.8 Å². The predicted molar refractivity (Wildman–Crippen MR) is 76.6 cm³/mol. The van der Waals surface area contributed by atoms with Crippen LogP contribution in [0.25, 0.3) is 0 Å². The zero-order valence-electron chi connectivity index (χ0n) is 11.6. The molecule has 6 nitrogen and oxygen atoms in total. The second kappa shape index (κ2) is 7.96. The van der Waals surface area contributed by atoms with Crippen LogP contribution in [0.3, 0.4) is 0 Å². The van der Waals surface area contributed by atoms with E-state index >= 15 is 0 Å². The molecule has 0 bridgehead atoms. The van der Waals surface area contributed by atoms with E-state index in [4.69, 9.17) is 15.2 Å². The maximum Gasteiger partial charge on any atom is 0.344 e. The number of carbonyl (C=O) groups excluding carboxylic acids is 1. The molecule has 1 rings (SSSR count). The summed E-state index contributed by atoms with van der Waals surface area (Å²) in [5.74, 6) is 0.266. The van der Waals surface area contributed by atoms with Crippen LogP contribution in [0.1, 0.15) is 31.1 Å². The first-order chi connectivity index (χ1) is 9.06. The average molecular weight is 287 g/mol. The Morgan fingerprint density at radius 3 is 2.89 bits per heavy atom. The van der Waals surface area contributed by atoms with Crippen molar-refractivity contribution in [3.63, 3.8) is 0 Å². The Kier molecular flexibility index (Phi) is 6.58. The fraction of sp³-hybridized carbons (Fsp3) is 0.667. The number of nitrogens with two attached hydrogens (primary N) is 1. The number of esters is 1. The summed E-state index contributed by atoms with van der Waals surface area (Å²) < 4.78 is 14.4. The first kappa shape index (κ1) is 15.7. The summed E-state index contributed by atoms with van der Waals surface area (Å²) in [4.78, 5) is 11.7. The Morgan fingerprint density at radius 1 is 1.53 bits per heavy atom. The number of ether oxygens (including phenoxy) is 2. The molecule has 1 heterocycles. The molecule has 1 aromatic rings. The Morgan fingerprint density at radius 2 is 2.26 bits per heavy atom. The zero-order valence-corrected chi connectivity index (χ0v) is 12.4. The predicted octanol–water partition coefficient (Wildman–Crippen LogP) is 1.99. The number of hydrogen-bond acceptors (Lipinski definition) is 7. The van der Waals surface area contributed by atoms with Crippen LogP contribution in [0.5, 0.6) is 0 Å². The van der Waals surface area contributed by atoms with Crippen LogP contribution in [-0.4, -0.2) is 36.7 Å². The summed E-state index contributed by atoms with van der Waals surface area (Å²) >= 11 is 1.15. The maximum absolute atomic E-state index is 11.7. The Bertz CT molecular complexity index is 407. The molecule has 3 N–H and O–H groups in total. The lowest BCUT2D eigenvalue weighted by Gasteiger charge is -2.08. The largest absolute Gasteiger partial charge is 0.462 e. The minimum absolute atomic E-state index is 0.203. The van der Waals surface area contributed by atoms with Crippen LogP contribution >= 0.6 is 11.5 Å². The molecule has 0 saturated heterocycles. The second-order valence-corrected chi connectivity index (χ2v) is 5.16. The molecule has 0 aliphatic heterocycles. The zero-order chi connectivity index (χ0) is 14.3. The highest BCUT2D eigenvalue weighted by molar-refractivity contribution is 7.11. The van der Waals surface area contributed by atoms with E-state index in [-0.39, 0.29) is 5.82 Å². The smallest absolute Gasteiger partial charge is 0.344 e. The number of carbonyl (C=O) groups is 1. The molecule has 0 unspecified atom stereocenters. The van der Waals surface area contributed by atoms with Gasteiger partial charge in [-0.3, -0.25) is 0 Å². The van der Waals surface area contributed by atoms with Crippen molar-refractivity contribution in [3.8, 4) is 0 Å². The van der Waals surface area contributed by atoms with E-state index < -0.39 is 5.97 Å². The van der Waals surface area contributed by atoms with Crippen LogP contribution in [0.4, 0.5) is 10.8 Å². The van der Waals surface area contributed by atoms with Gasteiger partial charge in [-0.15, -0.1) is 0 Å². The first-order valence-corrected chi connectivity index (χ1v) is 7.07. The van der Waals surface area contributed by atoms with E-state index in [9.17, 15) is 4.79 Å². The van der Waals surface area contributed by atoms with Crippen LogP contribution in [0, 0.1) is 5.92 Å². The van der Waals surface area contributed by atoms with Gasteiger partial charge in [-0.2, -0.15) is 4.37 Å². The number of nitrogen functional groups attached to an aromatic ring is 1. The third kappa shape index (κ3) is 5.04. The van der Waals surface area contributed by atoms with Crippen molar-refractivity contribution in [2.45, 2.75) is 20.8 Å². The van der Waals surface area contributed by atoms with Gasteiger partial charge < -0.3 is 20.5 Å². The number of aromatic nitrogens is 1. The van der Waals surface area contributed by atoms with Crippen LogP contribution < -0.4 is 11.1 Å². The highest BCUT2D eigenvalue weighted by Gasteiger charge is 2.20. The molecule has 0 aromatic carbocycles. The number of anilines is 2. The highest BCUT2D eigenvalue weighted by Crippen LogP contribution is 2.27. The molecule has 0 atom stereocenters. The summed E-state index contributed by atoms with van der Waals surface area (Å²) in [5, 5.41) is 3.73. The molecule has 1 aromatic heterocycles. The van der Waals surface area contributed by atoms with Crippen molar-refractivity contribution in [1.29, 1.82) is 0 Å². The Hall–Kier alpha value is -1.34. The van der Waals surface area contributed by atoms with Crippen molar-refractivity contribution in [1.82, 2.24) is 4.37 Å². The lowest BCUT2D eigenvalue weighted by Crippen LogP contribution is -2.14. The third-order valence-corrected chi connectivity index (χ3v) is 3.00. The molecule has 7 heteroatoms. The highest BCUT2D eigenvalue weighted by atomic mass is 32.1. The van der Waals surface area contributed by atoms with Crippen molar-refractivity contribution < 1.29 is 14.3 Å². The van der Waals surface area contributed by atoms with Gasteiger partial charge in [-0.25, -0.2) is 4.79 Å². The summed E-state index contributed by atoms with van der Waals surface area (Å²) in [5.41, 5.74) is 5.99. The van der Waals surface area contributed by atoms with Crippen molar-refractivity contribution >= 4 is 28.3 Å². The molecular formula is C12H21N3O3S. The van der Waals surface area contributed by atoms with E-state index in [1.807, 2.05) is 0 Å². The molecule has 0 saturated carbocycles. The van der Waals surface area contributed by atoms with Crippen molar-refractivity contribution in [3.05, 3.63) is 5.56 Å². The van der Waals surface area contributed by atoms with Crippen LogP contribution in [0.15, 0.2) is 0 Å². The minimum atomic E-state index is -0.445. The lowest BCUT2D eigenvalue weighted by molar-refractivity contribution is 0.0529. The van der Waals surface area contributed by atoms with E-state index in [0.717, 1.165) is 18.1 Å². The molecule has 0 radical (unpaired) electrons. The fourth-order valence-corrected chi connectivity index (χ4v) is 2.11. The topological polar surface area (TPSA) is 86.5 Å². The van der Waals surface area contributed by atoms with Crippen molar-refractivity contribution in [2.75, 3.05) is 37.4 Å². The van der Waals surface area contributed by atoms with E-state index in [1.165, 1.54) is 0 Å². The van der Waals surface area contributed by atoms with E-state index in [2.05, 4.69) is 23.5 Å². The summed E-state index contributed by atoms with van der Waals surface area (Å²) in [6.07, 6.45) is 0. The average Bonchev–Trinajstić information content (AvgIpc) is 2.70. The number of hydrogen-bond donors (Lipinski definition) is 2. The fourth-order valence-electron chi connectivity index (χ4n) is 1.38. The molecule has 108 valence electrons. The maximum atomic E-state index is 11.7. The van der Waals surface area contributed by atoms with Crippen LogP contribution in [0.2, 0.25) is 0 Å². The third-order valence-electron chi connectivity index (χ3n) is 2.18. The van der Waals surface area contributed by atoms with Gasteiger partial charge >= 0.3 is 5.97 Å². The van der Waals surface area contributed by atoms with Crippen LogP contribution in [-0.2, 0) is 9.47 Å². The van der Waals surface area contributed by atoms with Gasteiger partial charge in [0.1, 0.15) is 10.6 Å². The Labute approximate surface area is 117 Å². The van der Waals surface area contributed by atoms with E-state index in [0.29, 0.717) is 36.2 Å². The summed E-state index contributed by atoms with van der Waals surface area (Å²) in [6.45, 7) is 8.13. The molecule has 0 aliphatic carbocycles. The van der Waals surface area contributed by atoms with Gasteiger partial charge in [0, 0.05) is 13.2 Å². The number of rotatable bonds is 8.